The lowest BCUT2D eigenvalue weighted by Gasteiger charge is -2.47. The molecule has 16 nitrogen and oxygen atoms in total. The van der Waals surface area contributed by atoms with Gasteiger partial charge >= 0.3 is 0 Å². The molecule has 0 N–H and O–H groups in total. The van der Waals surface area contributed by atoms with E-state index in [4.69, 9.17) is 75.8 Å². The Morgan fingerprint density at radius 3 is 0.324 bits per heavy atom. The zero-order chi connectivity index (χ0) is 92.7. The predicted molar refractivity (Wildman–Crippen MR) is 539 cm³/mol. The first-order chi connectivity index (χ1) is 66.8. The summed E-state index contributed by atoms with van der Waals surface area (Å²) in [5.41, 5.74) is 11.7. The average molecular weight is 1820 g/mol. The van der Waals surface area contributed by atoms with E-state index in [-0.39, 0.29) is 54.3 Å². The third-order valence-corrected chi connectivity index (χ3v) is 31.6. The van der Waals surface area contributed by atoms with Crippen LogP contribution in [-0.2, 0) is 121 Å². The third kappa shape index (κ3) is 15.7. The van der Waals surface area contributed by atoms with Crippen LogP contribution >= 0.6 is 0 Å². The molecular weight excluding hydrogens is 1700 g/mol. The van der Waals surface area contributed by atoms with Gasteiger partial charge in [0.1, 0.15) is 54.3 Å². The molecule has 136 heavy (non-hydrogen) atoms. The molecule has 0 aliphatic heterocycles. The monoisotopic (exact) mass is 1820 g/mol. The van der Waals surface area contributed by atoms with Gasteiger partial charge in [-0.3, -0.25) is 0 Å². The summed E-state index contributed by atoms with van der Waals surface area (Å²) in [6.07, 6.45) is 10.0. The molecule has 24 bridgehead atoms. The molecule has 0 amide bonds. The van der Waals surface area contributed by atoms with Gasteiger partial charge in [-0.25, -0.2) is 0 Å². The van der Waals surface area contributed by atoms with Crippen LogP contribution in [0.3, 0.4) is 0 Å². The molecule has 0 aromatic heterocycles. The van der Waals surface area contributed by atoms with Crippen molar-refractivity contribution in [3.05, 3.63) is 336 Å². The van der Waals surface area contributed by atoms with Crippen molar-refractivity contribution in [2.24, 2.45) is 0 Å². The van der Waals surface area contributed by atoms with E-state index in [1.807, 2.05) is 0 Å². The molecule has 11 aliphatic rings. The second-order valence-corrected chi connectivity index (χ2v) is 38.0. The van der Waals surface area contributed by atoms with Crippen molar-refractivity contribution >= 4 is 86.2 Å². The van der Waals surface area contributed by atoms with Gasteiger partial charge in [-0.05, 0) is 278 Å². The van der Waals surface area contributed by atoms with Gasteiger partial charge in [-0.2, -0.15) is 0 Å². The minimum atomic E-state index is -0.772. The van der Waals surface area contributed by atoms with Crippen molar-refractivity contribution in [2.75, 3.05) is 111 Å². The van der Waals surface area contributed by atoms with Crippen LogP contribution < -0.4 is 0 Å². The molecule has 4 fully saturated rings. The average Bonchev–Trinajstić information content (AvgIpc) is 0.722. The van der Waals surface area contributed by atoms with Crippen LogP contribution in [0.5, 0.6) is 0 Å². The van der Waals surface area contributed by atoms with Crippen molar-refractivity contribution in [2.45, 2.75) is 148 Å². The largest absolute Gasteiger partial charge is 0.359 e. The lowest BCUT2D eigenvalue weighted by molar-refractivity contribution is -0.203. The number of benzene rings is 16. The fourth-order valence-corrected chi connectivity index (χ4v) is 25.0. The lowest BCUT2D eigenvalue weighted by Crippen LogP contribution is -2.44. The summed E-state index contributed by atoms with van der Waals surface area (Å²) in [5.74, 6) is 0. The second kappa shape index (κ2) is 38.4. The standard InChI is InChI=1S/C120H120O16/c1-121-73-129-113-57-59-114(60-58-113,130-74-122-2)106-50-42-91(83-27-10-18-34-98(83)106)92-44-52-108(100-36-20-12-28-84(92)100)117(133-77-125-5)65-67-118(68-66-117,134-78-126-6)110-54-46-95(87-31-14-22-38-102(87)110)96-48-56-112(104-40-24-16-32-88(96)104)120(136-80-128-8)71-69-119(70-72-120,135-79-127-7)111-55-47-94(86-30-15-23-39-103(86)111)93-45-53-109(101-37-21-13-29-85(93)101)116(132-76-124-4)63-61-115(62-64-116,131-75-123-3)107-51-43-90(82-26-11-19-35-99(82)107)89-41-49-105(113)97-33-17-9-25-81(89)97/h9-56H,57-80H2,1-8H3. The summed E-state index contributed by atoms with van der Waals surface area (Å²) in [5, 5.41) is 17.9. The van der Waals surface area contributed by atoms with E-state index in [0.29, 0.717) is 103 Å². The lowest BCUT2D eigenvalue weighted by atomic mass is 9.67. The molecule has 16 aromatic carbocycles. The highest BCUT2D eigenvalue weighted by Crippen LogP contribution is 2.61. The highest BCUT2D eigenvalue weighted by molar-refractivity contribution is 6.12. The van der Waals surface area contributed by atoms with E-state index in [2.05, 4.69) is 291 Å². The molecule has 4 saturated carbocycles. The molecular formula is C120H120O16. The summed E-state index contributed by atoms with van der Waals surface area (Å²) in [4.78, 5) is 0. The first-order valence-electron chi connectivity index (χ1n) is 48.1. The fraction of sp³-hybridized carbons (Fsp3) is 0.333. The number of fused-ring (bicyclic) bond motifs is 8. The number of hydrogen-bond donors (Lipinski definition) is 0. The molecule has 0 heterocycles. The van der Waals surface area contributed by atoms with Gasteiger partial charge in [-0.1, -0.05) is 291 Å². The van der Waals surface area contributed by atoms with Gasteiger partial charge in [-0.15, -0.1) is 0 Å². The summed E-state index contributed by atoms with van der Waals surface area (Å²) in [6, 6.07) is 108. The van der Waals surface area contributed by atoms with Crippen LogP contribution in [-0.4, -0.2) is 111 Å². The van der Waals surface area contributed by atoms with Gasteiger partial charge in [0.25, 0.3) is 0 Å². The molecule has 27 rings (SSSR count). The number of methoxy groups -OCH3 is 8. The molecule has 0 radical (unpaired) electrons. The summed E-state index contributed by atoms with van der Waals surface area (Å²) >= 11 is 0. The van der Waals surface area contributed by atoms with Crippen molar-refractivity contribution in [3.63, 3.8) is 0 Å². The number of rotatable bonds is 24. The molecule has 0 atom stereocenters. The Bertz CT molecular complexity index is 5820. The quantitative estimate of drug-likeness (QED) is 0.0528. The Morgan fingerprint density at radius 2 is 0.228 bits per heavy atom. The van der Waals surface area contributed by atoms with Crippen molar-refractivity contribution in [1.82, 2.24) is 0 Å². The first kappa shape index (κ1) is 91.4. The SMILES string of the molecule is COCOC12CCC(OCOC)(CC1)c1ccc(c3ccccc13)-c1ccc(c3ccccc13)C1(OCOC)CCC(OCOC)(CC1)c1ccc(c3ccccc13)-c1ccc(c3ccccc13)C1(OCOC)CCC(OCOC)(CC1)c1ccc(c3ccccc13)-c1ccc(c3ccccc13)C1(OCOC)CCC(OCOC)(CC1)c1ccc(c3ccccc13)-c1ccc2c2ccccc12. The zero-order valence-corrected chi connectivity index (χ0v) is 79.2. The number of ether oxygens (including phenoxy) is 16. The van der Waals surface area contributed by atoms with Crippen LogP contribution in [0.1, 0.15) is 147 Å². The number of hydrogen-bond acceptors (Lipinski definition) is 16. The highest BCUT2D eigenvalue weighted by Gasteiger charge is 2.54. The van der Waals surface area contributed by atoms with Crippen LogP contribution in [0, 0.1) is 0 Å². The predicted octanol–water partition coefficient (Wildman–Crippen LogP) is 27.5. The molecule has 16 heteroatoms. The molecule has 0 saturated heterocycles. The minimum Gasteiger partial charge on any atom is -0.359 e. The molecule has 0 spiro atoms. The van der Waals surface area contributed by atoms with Gasteiger partial charge in [0, 0.05) is 56.9 Å². The maximum Gasteiger partial charge on any atom is 0.147 e. The van der Waals surface area contributed by atoms with Crippen LogP contribution in [0.25, 0.3) is 131 Å². The second-order valence-electron chi connectivity index (χ2n) is 38.0. The van der Waals surface area contributed by atoms with Gasteiger partial charge in [0.2, 0.25) is 0 Å². The maximum atomic E-state index is 7.25. The summed E-state index contributed by atoms with van der Waals surface area (Å²) < 4.78 is 105. The molecule has 0 unspecified atom stereocenters. The van der Waals surface area contributed by atoms with Crippen LogP contribution in [0.2, 0.25) is 0 Å². The fourth-order valence-electron chi connectivity index (χ4n) is 25.0. The summed E-state index contributed by atoms with van der Waals surface area (Å²) in [7, 11) is 13.7. The Hall–Kier alpha value is -11.0. The van der Waals surface area contributed by atoms with E-state index >= 15 is 0 Å². The van der Waals surface area contributed by atoms with Crippen molar-refractivity contribution < 1.29 is 75.8 Å². The Balaban J connectivity index is 0.716. The normalized spacial score (nSPS) is 23.5. The van der Waals surface area contributed by atoms with Gasteiger partial charge in [0.05, 0.1) is 44.8 Å². The van der Waals surface area contributed by atoms with E-state index < -0.39 is 44.8 Å². The van der Waals surface area contributed by atoms with E-state index in [1.165, 1.54) is 0 Å². The zero-order valence-electron chi connectivity index (χ0n) is 79.2. The maximum absolute atomic E-state index is 7.25. The Labute approximate surface area is 796 Å². The Morgan fingerprint density at radius 1 is 0.132 bits per heavy atom. The van der Waals surface area contributed by atoms with Crippen molar-refractivity contribution in [3.8, 4) is 44.5 Å². The smallest absolute Gasteiger partial charge is 0.147 e. The Kier molecular flexibility index (Phi) is 25.8. The van der Waals surface area contributed by atoms with Crippen LogP contribution in [0.4, 0.5) is 0 Å². The highest BCUT2D eigenvalue weighted by atomic mass is 16.7. The minimum absolute atomic E-state index is 0.104. The van der Waals surface area contributed by atoms with Crippen molar-refractivity contribution in [1.29, 1.82) is 0 Å². The van der Waals surface area contributed by atoms with E-state index in [0.717, 1.165) is 175 Å². The molecule has 16 aromatic rings. The first-order valence-corrected chi connectivity index (χ1v) is 48.1. The topological polar surface area (TPSA) is 148 Å². The molecule has 696 valence electrons. The van der Waals surface area contributed by atoms with Gasteiger partial charge < -0.3 is 75.8 Å². The summed E-state index contributed by atoms with van der Waals surface area (Å²) in [6.45, 7) is 0.829. The van der Waals surface area contributed by atoms with Crippen LogP contribution in [0.15, 0.2) is 291 Å². The van der Waals surface area contributed by atoms with E-state index in [9.17, 15) is 0 Å². The molecule has 11 aliphatic carbocycles. The van der Waals surface area contributed by atoms with Gasteiger partial charge in [0.15, 0.2) is 0 Å². The van der Waals surface area contributed by atoms with E-state index in [1.54, 1.807) is 56.9 Å². The third-order valence-electron chi connectivity index (χ3n) is 31.6.